The Kier molecular flexibility index (Phi) is 10.1. The zero-order chi connectivity index (χ0) is 14.9. The van der Waals surface area contributed by atoms with Gasteiger partial charge >= 0.3 is 134 Å². The fourth-order valence-corrected chi connectivity index (χ4v) is 33.3. The maximum atomic E-state index is 2.62. The molecule has 0 atom stereocenters. The summed E-state index contributed by atoms with van der Waals surface area (Å²) in [7, 11) is 0. The van der Waals surface area contributed by atoms with Crippen LogP contribution in [0, 0.1) is 11.8 Å². The Labute approximate surface area is 158 Å². The summed E-state index contributed by atoms with van der Waals surface area (Å²) < 4.78 is 3.92. The van der Waals surface area contributed by atoms with Gasteiger partial charge in [0.25, 0.3) is 0 Å². The van der Waals surface area contributed by atoms with Crippen LogP contribution < -0.4 is 0 Å². The average molecular weight is 525 g/mol. The molecular formula is C18H31Cl2HfSi. The largest absolute Gasteiger partial charge is 0.147 e. The van der Waals surface area contributed by atoms with E-state index in [0.29, 0.717) is 11.8 Å². The predicted octanol–water partition coefficient (Wildman–Crippen LogP) is 6.17. The first-order chi connectivity index (χ1) is 9.43. The summed E-state index contributed by atoms with van der Waals surface area (Å²) in [5, 5.41) is 0. The molecule has 0 saturated carbocycles. The molecule has 2 rings (SSSR count). The smallest absolute Gasteiger partial charge is 0.147 e. The van der Waals surface area contributed by atoms with E-state index < -0.39 is 26.6 Å². The van der Waals surface area contributed by atoms with Crippen molar-refractivity contribution in [2.24, 2.45) is 11.8 Å². The van der Waals surface area contributed by atoms with Crippen molar-refractivity contribution in [1.29, 1.82) is 0 Å². The first-order valence-electron chi connectivity index (χ1n) is 8.10. The van der Waals surface area contributed by atoms with Crippen LogP contribution in [0.3, 0.4) is 0 Å². The van der Waals surface area contributed by atoms with E-state index in [9.17, 15) is 0 Å². The summed E-state index contributed by atoms with van der Waals surface area (Å²) >= 11 is -1.74. The van der Waals surface area contributed by atoms with Gasteiger partial charge in [-0.15, -0.1) is 24.8 Å². The van der Waals surface area contributed by atoms with E-state index in [4.69, 9.17) is 0 Å². The second-order valence-electron chi connectivity index (χ2n) is 6.96. The van der Waals surface area contributed by atoms with Crippen molar-refractivity contribution < 1.29 is 20.6 Å². The molecule has 0 radical (unpaired) electrons. The van der Waals surface area contributed by atoms with Crippen molar-refractivity contribution in [2.75, 3.05) is 0 Å². The second kappa shape index (κ2) is 9.81. The Balaban J connectivity index is 0.00000220. The van der Waals surface area contributed by atoms with Gasteiger partial charge in [0.15, 0.2) is 0 Å². The van der Waals surface area contributed by atoms with Crippen LogP contribution >= 0.6 is 24.8 Å². The van der Waals surface area contributed by atoms with Crippen LogP contribution in [0.25, 0.3) is 0 Å². The molecule has 0 unspecified atom stereocenters. The van der Waals surface area contributed by atoms with Crippen LogP contribution in [0.1, 0.15) is 40.5 Å². The van der Waals surface area contributed by atoms with Gasteiger partial charge in [-0.05, 0) is 0 Å². The first-order valence-corrected chi connectivity index (χ1v) is 20.8. The Morgan fingerprint density at radius 2 is 1.18 bits per heavy atom. The molecule has 0 aromatic heterocycles. The van der Waals surface area contributed by atoms with E-state index in [0.717, 1.165) is 0 Å². The third kappa shape index (κ3) is 4.81. The summed E-state index contributed by atoms with van der Waals surface area (Å²) in [5.41, 5.74) is 3.44. The van der Waals surface area contributed by atoms with Crippen molar-refractivity contribution in [3.63, 3.8) is 0 Å². The van der Waals surface area contributed by atoms with E-state index >= 15 is 0 Å². The maximum Gasteiger partial charge on any atom is -0.147 e. The summed E-state index contributed by atoms with van der Waals surface area (Å²) in [6.45, 7) is 14.7. The van der Waals surface area contributed by atoms with Crippen molar-refractivity contribution in [3.05, 3.63) is 42.1 Å². The van der Waals surface area contributed by atoms with E-state index in [-0.39, 0.29) is 24.8 Å². The third-order valence-corrected chi connectivity index (χ3v) is 31.9. The molecule has 2 aliphatic carbocycles. The molecule has 0 aromatic rings. The van der Waals surface area contributed by atoms with Gasteiger partial charge in [0.2, 0.25) is 0 Å². The zero-order valence-electron chi connectivity index (χ0n) is 14.8. The summed E-state index contributed by atoms with van der Waals surface area (Å²) in [5.74, 6) is 0.899. The topological polar surface area (TPSA) is 0 Å². The quantitative estimate of drug-likeness (QED) is 0.377. The molecule has 2 aliphatic rings. The Morgan fingerprint density at radius 1 is 0.818 bits per heavy atom. The molecule has 0 saturated heterocycles. The Bertz CT molecular complexity index is 457. The van der Waals surface area contributed by atoms with Gasteiger partial charge in [-0.2, -0.15) is 0 Å². The van der Waals surface area contributed by atoms with Crippen molar-refractivity contribution in [3.8, 4) is 0 Å². The van der Waals surface area contributed by atoms with Gasteiger partial charge in [-0.3, -0.25) is 0 Å². The molecule has 0 heterocycles. The molecular weight excluding hydrogens is 494 g/mol. The number of halogens is 2. The molecule has 0 aromatic carbocycles. The first kappa shape index (κ1) is 22.6. The van der Waals surface area contributed by atoms with Gasteiger partial charge in [0, 0.05) is 0 Å². The van der Waals surface area contributed by atoms with Crippen LogP contribution in [0.4, 0.5) is 0 Å². The second-order valence-corrected chi connectivity index (χ2v) is 33.7. The molecule has 0 nitrogen and oxygen atoms in total. The van der Waals surface area contributed by atoms with E-state index in [2.05, 4.69) is 65.1 Å². The predicted molar refractivity (Wildman–Crippen MR) is 105 cm³/mol. The van der Waals surface area contributed by atoms with Crippen LogP contribution in [0.2, 0.25) is 13.1 Å². The van der Waals surface area contributed by atoms with Crippen LogP contribution in [-0.4, -0.2) is 5.98 Å². The average Bonchev–Trinajstić information content (AvgIpc) is 2.97. The molecule has 0 bridgehead atoms. The minimum absolute atomic E-state index is 0. The zero-order valence-corrected chi connectivity index (χ0v) is 21.2. The minimum Gasteiger partial charge on any atom is -0.147 e. The molecule has 0 N–H and O–H groups in total. The number of hydrogen-bond acceptors (Lipinski definition) is 0. The number of rotatable bonds is 5. The fourth-order valence-electron chi connectivity index (χ4n) is 3.54. The van der Waals surface area contributed by atoms with Crippen molar-refractivity contribution >= 4 is 30.8 Å². The third-order valence-electron chi connectivity index (χ3n) is 4.41. The van der Waals surface area contributed by atoms with Crippen molar-refractivity contribution in [2.45, 2.75) is 53.6 Å². The van der Waals surface area contributed by atoms with Crippen molar-refractivity contribution in [1.82, 2.24) is 0 Å². The summed E-state index contributed by atoms with van der Waals surface area (Å²) in [4.78, 5) is 0. The Hall–Kier alpha value is 0.627. The van der Waals surface area contributed by atoms with Gasteiger partial charge in [-0.25, -0.2) is 0 Å². The number of hydrogen-bond donors (Lipinski definition) is 0. The van der Waals surface area contributed by atoms with Crippen LogP contribution in [0.5, 0.6) is 0 Å². The summed E-state index contributed by atoms with van der Waals surface area (Å²) in [6, 6.07) is 0. The maximum absolute atomic E-state index is 2.62. The van der Waals surface area contributed by atoms with E-state index in [1.165, 1.54) is 12.8 Å². The normalized spacial score (nSPS) is 17.0. The molecule has 4 heteroatoms. The van der Waals surface area contributed by atoms with Gasteiger partial charge < -0.3 is 0 Å². The molecule has 0 aliphatic heterocycles. The van der Waals surface area contributed by atoms with Crippen LogP contribution in [0.15, 0.2) is 42.1 Å². The molecule has 0 spiro atoms. The Morgan fingerprint density at radius 3 is 1.45 bits per heavy atom. The monoisotopic (exact) mass is 525 g/mol. The van der Waals surface area contributed by atoms with E-state index in [1.54, 1.807) is 11.1 Å². The van der Waals surface area contributed by atoms with E-state index in [1.807, 2.05) is 6.66 Å². The molecule has 22 heavy (non-hydrogen) atoms. The molecule has 0 amide bonds. The number of allylic oxidation sites excluding steroid dienone is 8. The molecule has 0 fully saturated rings. The fraction of sp³-hybridized carbons (Fsp3) is 0.556. The van der Waals surface area contributed by atoms with Crippen LogP contribution in [-0.2, 0) is 20.6 Å². The van der Waals surface area contributed by atoms with Gasteiger partial charge in [-0.1, -0.05) is 0 Å². The van der Waals surface area contributed by atoms with Gasteiger partial charge in [0.1, 0.15) is 0 Å². The SMILES string of the molecule is CC(C)C1=[C]([Hf]([C]2=C(C(C)C)C=CC2)[SiH](C)C)CC=C1.Cl.Cl. The minimum atomic E-state index is -1.74. The molecule has 125 valence electrons. The van der Waals surface area contributed by atoms with Gasteiger partial charge in [0.05, 0.1) is 0 Å². The summed E-state index contributed by atoms with van der Waals surface area (Å²) in [6.07, 6.45) is 12.3. The standard InChI is InChI=1S/2C8H11.C2H7Si.2ClH.Hf/c2*1-7(2)8-5-3-4-6-8;1-3-2;;;/h2*3,5,7H,4H2,1-2H3;3H,1-2H3;2*1H;.